The van der Waals surface area contributed by atoms with Crippen molar-refractivity contribution >= 4 is 5.82 Å². The quantitative estimate of drug-likeness (QED) is 0.847. The normalized spacial score (nSPS) is 17.4. The van der Waals surface area contributed by atoms with Crippen LogP contribution in [0.1, 0.15) is 70.7 Å². The lowest BCUT2D eigenvalue weighted by Gasteiger charge is -2.23. The van der Waals surface area contributed by atoms with Crippen molar-refractivity contribution in [2.45, 2.75) is 77.7 Å². The maximum Gasteiger partial charge on any atom is 0.222 e. The van der Waals surface area contributed by atoms with Gasteiger partial charge in [-0.1, -0.05) is 33.6 Å². The molecule has 1 aromatic heterocycles. The number of anilines is 1. The Balaban J connectivity index is 2.28. The Morgan fingerprint density at radius 2 is 1.67 bits per heavy atom. The minimum Gasteiger partial charge on any atom is -0.474 e. The van der Waals surface area contributed by atoms with E-state index in [0.717, 1.165) is 35.9 Å². The third-order valence-corrected chi connectivity index (χ3v) is 4.09. The first-order chi connectivity index (χ1) is 9.91. The Hall–Kier alpha value is -1.32. The Bertz CT molecular complexity index is 472. The van der Waals surface area contributed by atoms with Crippen molar-refractivity contribution in [2.24, 2.45) is 0 Å². The molecule has 118 valence electrons. The van der Waals surface area contributed by atoms with E-state index in [-0.39, 0.29) is 5.41 Å². The second kappa shape index (κ2) is 6.63. The molecule has 1 aliphatic rings. The van der Waals surface area contributed by atoms with Crippen LogP contribution in [0, 0.1) is 6.92 Å². The van der Waals surface area contributed by atoms with Gasteiger partial charge in [-0.3, -0.25) is 0 Å². The summed E-state index contributed by atoms with van der Waals surface area (Å²) in [5.74, 6) is 2.46. The minimum absolute atomic E-state index is 0.0825. The van der Waals surface area contributed by atoms with Crippen LogP contribution in [0.25, 0.3) is 0 Å². The Kier molecular flexibility index (Phi) is 5.07. The number of ether oxygens (including phenoxy) is 1. The van der Waals surface area contributed by atoms with Gasteiger partial charge in [-0.05, 0) is 32.6 Å². The minimum atomic E-state index is -0.0825. The van der Waals surface area contributed by atoms with Crippen molar-refractivity contribution in [1.29, 1.82) is 0 Å². The van der Waals surface area contributed by atoms with Crippen molar-refractivity contribution in [2.75, 3.05) is 12.4 Å². The summed E-state index contributed by atoms with van der Waals surface area (Å²) in [7, 11) is 1.90. The molecule has 0 spiro atoms. The van der Waals surface area contributed by atoms with Crippen molar-refractivity contribution in [3.63, 3.8) is 0 Å². The zero-order valence-corrected chi connectivity index (χ0v) is 14.1. The monoisotopic (exact) mass is 291 g/mol. The van der Waals surface area contributed by atoms with Crippen molar-refractivity contribution in [1.82, 2.24) is 9.97 Å². The SMILES string of the molecule is CNc1nc(C(C)(C)C)nc(OC2CCCCCC2)c1C. The molecule has 0 saturated heterocycles. The first kappa shape index (κ1) is 16.1. The highest BCUT2D eigenvalue weighted by atomic mass is 16.5. The molecule has 1 aromatic rings. The van der Waals surface area contributed by atoms with E-state index in [4.69, 9.17) is 9.72 Å². The molecule has 1 heterocycles. The van der Waals surface area contributed by atoms with Crippen LogP contribution < -0.4 is 10.1 Å². The van der Waals surface area contributed by atoms with E-state index in [1.807, 2.05) is 14.0 Å². The van der Waals surface area contributed by atoms with Crippen LogP contribution >= 0.6 is 0 Å². The van der Waals surface area contributed by atoms with Crippen LogP contribution in [0.3, 0.4) is 0 Å². The summed E-state index contributed by atoms with van der Waals surface area (Å²) in [4.78, 5) is 9.34. The molecule has 21 heavy (non-hydrogen) atoms. The molecule has 0 radical (unpaired) electrons. The van der Waals surface area contributed by atoms with Gasteiger partial charge < -0.3 is 10.1 Å². The van der Waals surface area contributed by atoms with Crippen LogP contribution in [-0.2, 0) is 5.41 Å². The fraction of sp³-hybridized carbons (Fsp3) is 0.765. The third-order valence-electron chi connectivity index (χ3n) is 4.09. The predicted molar refractivity (Wildman–Crippen MR) is 87.1 cm³/mol. The van der Waals surface area contributed by atoms with E-state index in [1.165, 1.54) is 25.7 Å². The van der Waals surface area contributed by atoms with Gasteiger partial charge >= 0.3 is 0 Å². The van der Waals surface area contributed by atoms with Gasteiger partial charge in [0.25, 0.3) is 0 Å². The van der Waals surface area contributed by atoms with Gasteiger partial charge in [0.2, 0.25) is 5.88 Å². The first-order valence-electron chi connectivity index (χ1n) is 8.15. The number of nitrogens with zero attached hydrogens (tertiary/aromatic N) is 2. The largest absolute Gasteiger partial charge is 0.474 e. The van der Waals surface area contributed by atoms with Gasteiger partial charge in [-0.25, -0.2) is 4.98 Å². The summed E-state index contributed by atoms with van der Waals surface area (Å²) in [6.07, 6.45) is 7.78. The van der Waals surface area contributed by atoms with Crippen LogP contribution in [0.2, 0.25) is 0 Å². The number of rotatable bonds is 3. The fourth-order valence-electron chi connectivity index (χ4n) is 2.71. The highest BCUT2D eigenvalue weighted by Gasteiger charge is 2.23. The van der Waals surface area contributed by atoms with Crippen LogP contribution in [-0.4, -0.2) is 23.1 Å². The number of aromatic nitrogens is 2. The molecule has 1 fully saturated rings. The average molecular weight is 291 g/mol. The number of nitrogens with one attached hydrogen (secondary N) is 1. The van der Waals surface area contributed by atoms with Crippen molar-refractivity contribution < 1.29 is 4.74 Å². The van der Waals surface area contributed by atoms with Crippen molar-refractivity contribution in [3.05, 3.63) is 11.4 Å². The Morgan fingerprint density at radius 1 is 1.05 bits per heavy atom. The van der Waals surface area contributed by atoms with E-state index in [2.05, 4.69) is 31.1 Å². The van der Waals surface area contributed by atoms with Crippen LogP contribution in [0.15, 0.2) is 0 Å². The molecule has 1 saturated carbocycles. The topological polar surface area (TPSA) is 47.0 Å². The van der Waals surface area contributed by atoms with E-state index < -0.39 is 0 Å². The van der Waals surface area contributed by atoms with E-state index >= 15 is 0 Å². The summed E-state index contributed by atoms with van der Waals surface area (Å²) in [6.45, 7) is 8.43. The van der Waals surface area contributed by atoms with Crippen molar-refractivity contribution in [3.8, 4) is 5.88 Å². The molecule has 0 unspecified atom stereocenters. The summed E-state index contributed by atoms with van der Waals surface area (Å²) in [5, 5.41) is 3.17. The first-order valence-corrected chi connectivity index (χ1v) is 8.15. The Labute approximate surface area is 128 Å². The van der Waals surface area contributed by atoms with Gasteiger partial charge in [0.1, 0.15) is 17.7 Å². The molecule has 2 rings (SSSR count). The molecular formula is C17H29N3O. The second-order valence-electron chi connectivity index (χ2n) is 7.06. The molecule has 1 aliphatic carbocycles. The fourth-order valence-corrected chi connectivity index (χ4v) is 2.71. The van der Waals surface area contributed by atoms with E-state index in [9.17, 15) is 0 Å². The second-order valence-corrected chi connectivity index (χ2v) is 7.06. The summed E-state index contributed by atoms with van der Waals surface area (Å²) in [5.41, 5.74) is 0.927. The number of hydrogen-bond acceptors (Lipinski definition) is 4. The maximum atomic E-state index is 6.25. The summed E-state index contributed by atoms with van der Waals surface area (Å²) in [6, 6.07) is 0. The molecular weight excluding hydrogens is 262 g/mol. The predicted octanol–water partition coefficient (Wildman–Crippen LogP) is 4.23. The zero-order chi connectivity index (χ0) is 15.5. The van der Waals surface area contributed by atoms with Gasteiger partial charge in [-0.15, -0.1) is 0 Å². The lowest BCUT2D eigenvalue weighted by molar-refractivity contribution is 0.173. The molecule has 0 bridgehead atoms. The highest BCUT2D eigenvalue weighted by molar-refractivity contribution is 5.48. The number of hydrogen-bond donors (Lipinski definition) is 1. The molecule has 4 heteroatoms. The van der Waals surface area contributed by atoms with Crippen LogP contribution in [0.5, 0.6) is 5.88 Å². The molecule has 4 nitrogen and oxygen atoms in total. The van der Waals surface area contributed by atoms with Crippen LogP contribution in [0.4, 0.5) is 5.82 Å². The molecule has 1 N–H and O–H groups in total. The molecule has 0 amide bonds. The molecule has 0 atom stereocenters. The van der Waals surface area contributed by atoms with Gasteiger partial charge in [-0.2, -0.15) is 4.98 Å². The Morgan fingerprint density at radius 3 is 2.19 bits per heavy atom. The molecule has 0 aliphatic heterocycles. The van der Waals surface area contributed by atoms with Gasteiger partial charge in [0.05, 0.1) is 5.56 Å². The smallest absolute Gasteiger partial charge is 0.222 e. The van der Waals surface area contributed by atoms with E-state index in [1.54, 1.807) is 0 Å². The van der Waals surface area contributed by atoms with Gasteiger partial charge in [0.15, 0.2) is 0 Å². The third kappa shape index (κ3) is 4.08. The standard InChI is InChI=1S/C17H29N3O/c1-12-14(18-5)19-16(17(2,3)4)20-15(12)21-13-10-8-6-7-9-11-13/h13H,6-11H2,1-5H3,(H,18,19,20). The maximum absolute atomic E-state index is 6.25. The molecule has 0 aromatic carbocycles. The lowest BCUT2D eigenvalue weighted by Crippen LogP contribution is -2.21. The average Bonchev–Trinajstić information content (AvgIpc) is 2.68. The van der Waals surface area contributed by atoms with Gasteiger partial charge in [0, 0.05) is 12.5 Å². The lowest BCUT2D eigenvalue weighted by atomic mass is 9.95. The van der Waals surface area contributed by atoms with E-state index in [0.29, 0.717) is 6.10 Å². The zero-order valence-electron chi connectivity index (χ0n) is 14.1. The highest BCUT2D eigenvalue weighted by Crippen LogP contribution is 2.30. The summed E-state index contributed by atoms with van der Waals surface area (Å²) >= 11 is 0. The summed E-state index contributed by atoms with van der Waals surface area (Å²) < 4.78 is 6.25.